The number of anilines is 2. The Morgan fingerprint density at radius 1 is 1.37 bits per heavy atom. The van der Waals surface area contributed by atoms with E-state index < -0.39 is 0 Å². The second-order valence-electron chi connectivity index (χ2n) is 5.83. The van der Waals surface area contributed by atoms with Gasteiger partial charge in [-0.1, -0.05) is 13.8 Å². The van der Waals surface area contributed by atoms with Crippen molar-refractivity contribution in [2.24, 2.45) is 11.3 Å². The van der Waals surface area contributed by atoms with Gasteiger partial charge in [0.2, 0.25) is 5.95 Å². The monoisotopic (exact) mass is 260 g/mol. The Morgan fingerprint density at radius 3 is 2.84 bits per heavy atom. The predicted molar refractivity (Wildman–Crippen MR) is 76.2 cm³/mol. The molecule has 2 heterocycles. The van der Waals surface area contributed by atoms with Crippen molar-refractivity contribution in [3.05, 3.63) is 6.20 Å². The van der Waals surface area contributed by atoms with Gasteiger partial charge in [-0.3, -0.25) is 5.10 Å². The highest BCUT2D eigenvalue weighted by atomic mass is 15.2. The molecule has 0 radical (unpaired) electrons. The van der Waals surface area contributed by atoms with Crippen molar-refractivity contribution in [2.45, 2.75) is 27.2 Å². The van der Waals surface area contributed by atoms with E-state index in [1.54, 1.807) is 6.20 Å². The van der Waals surface area contributed by atoms with Gasteiger partial charge in [0.1, 0.15) is 5.82 Å². The molecule has 1 aliphatic rings. The zero-order valence-electron chi connectivity index (χ0n) is 11.6. The topological polar surface area (TPSA) is 78.5 Å². The van der Waals surface area contributed by atoms with E-state index in [-0.39, 0.29) is 0 Å². The molecule has 102 valence electrons. The molecular formula is C13H20N6. The van der Waals surface area contributed by atoms with Crippen LogP contribution < -0.4 is 10.6 Å². The van der Waals surface area contributed by atoms with Gasteiger partial charge in [0.05, 0.1) is 11.6 Å². The molecule has 0 aromatic carbocycles. The van der Waals surface area contributed by atoms with E-state index in [2.05, 4.69) is 44.6 Å². The normalized spacial score (nSPS) is 20.5. The minimum Gasteiger partial charge on any atom is -0.369 e. The standard InChI is InChI=1S/C13H20N6/c1-4-14-12-17-10(9-7-16-19-11(9)18-12)15-6-8-5-13(8,2)3/h7-8H,4-6H2,1-3H3,(H3,14,15,16,17,18,19). The van der Waals surface area contributed by atoms with Crippen LogP contribution in [0.2, 0.25) is 0 Å². The number of hydrogen-bond donors (Lipinski definition) is 3. The molecule has 2 aromatic rings. The Hall–Kier alpha value is -1.85. The fourth-order valence-corrected chi connectivity index (χ4v) is 2.35. The summed E-state index contributed by atoms with van der Waals surface area (Å²) < 4.78 is 0. The summed E-state index contributed by atoms with van der Waals surface area (Å²) in [5.74, 6) is 2.22. The first-order chi connectivity index (χ1) is 9.10. The maximum Gasteiger partial charge on any atom is 0.226 e. The number of aromatic nitrogens is 4. The zero-order valence-corrected chi connectivity index (χ0v) is 11.6. The molecule has 1 unspecified atom stereocenters. The van der Waals surface area contributed by atoms with Crippen LogP contribution in [0.5, 0.6) is 0 Å². The average Bonchev–Trinajstić information content (AvgIpc) is 2.75. The number of nitrogens with zero attached hydrogens (tertiary/aromatic N) is 3. The summed E-state index contributed by atoms with van der Waals surface area (Å²) in [6, 6.07) is 0. The van der Waals surface area contributed by atoms with Gasteiger partial charge >= 0.3 is 0 Å². The lowest BCUT2D eigenvalue weighted by molar-refractivity contribution is 0.573. The van der Waals surface area contributed by atoms with Crippen molar-refractivity contribution in [1.29, 1.82) is 0 Å². The van der Waals surface area contributed by atoms with E-state index in [1.807, 2.05) is 6.92 Å². The molecule has 0 bridgehead atoms. The highest BCUT2D eigenvalue weighted by Crippen LogP contribution is 2.51. The van der Waals surface area contributed by atoms with Gasteiger partial charge in [-0.25, -0.2) is 0 Å². The van der Waals surface area contributed by atoms with Crippen LogP contribution in [0.15, 0.2) is 6.20 Å². The summed E-state index contributed by atoms with van der Waals surface area (Å²) in [6.07, 6.45) is 3.05. The van der Waals surface area contributed by atoms with Crippen LogP contribution in [-0.2, 0) is 0 Å². The molecule has 1 aliphatic carbocycles. The van der Waals surface area contributed by atoms with Crippen molar-refractivity contribution in [1.82, 2.24) is 20.2 Å². The first kappa shape index (κ1) is 12.2. The maximum atomic E-state index is 4.52. The molecule has 2 aromatic heterocycles. The van der Waals surface area contributed by atoms with Gasteiger partial charge < -0.3 is 10.6 Å². The number of H-pyrrole nitrogens is 1. The molecule has 0 spiro atoms. The number of hydrogen-bond acceptors (Lipinski definition) is 5. The molecule has 19 heavy (non-hydrogen) atoms. The van der Waals surface area contributed by atoms with E-state index >= 15 is 0 Å². The van der Waals surface area contributed by atoms with Gasteiger partial charge in [-0.2, -0.15) is 15.1 Å². The van der Waals surface area contributed by atoms with Crippen LogP contribution in [0.25, 0.3) is 11.0 Å². The second-order valence-corrected chi connectivity index (χ2v) is 5.83. The van der Waals surface area contributed by atoms with Crippen LogP contribution in [-0.4, -0.2) is 33.3 Å². The van der Waals surface area contributed by atoms with E-state index in [9.17, 15) is 0 Å². The summed E-state index contributed by atoms with van der Waals surface area (Å²) >= 11 is 0. The van der Waals surface area contributed by atoms with E-state index in [0.29, 0.717) is 11.4 Å². The van der Waals surface area contributed by atoms with Gasteiger partial charge in [0.15, 0.2) is 5.65 Å². The highest BCUT2D eigenvalue weighted by molar-refractivity contribution is 5.86. The third-order valence-electron chi connectivity index (χ3n) is 3.88. The Bertz CT molecular complexity index is 588. The van der Waals surface area contributed by atoms with Crippen LogP contribution in [0.1, 0.15) is 27.2 Å². The molecule has 0 aliphatic heterocycles. The second kappa shape index (κ2) is 4.36. The van der Waals surface area contributed by atoms with E-state index in [4.69, 9.17) is 0 Å². The van der Waals surface area contributed by atoms with Gasteiger partial charge in [0.25, 0.3) is 0 Å². The summed E-state index contributed by atoms with van der Waals surface area (Å²) in [7, 11) is 0. The van der Waals surface area contributed by atoms with Crippen molar-refractivity contribution in [2.75, 3.05) is 23.7 Å². The Kier molecular flexibility index (Phi) is 2.80. The molecule has 6 heteroatoms. The van der Waals surface area contributed by atoms with Gasteiger partial charge in [-0.05, 0) is 24.7 Å². The average molecular weight is 260 g/mol. The Morgan fingerprint density at radius 2 is 2.16 bits per heavy atom. The summed E-state index contributed by atoms with van der Waals surface area (Å²) in [6.45, 7) is 8.39. The Balaban J connectivity index is 1.82. The zero-order chi connectivity index (χ0) is 13.5. The molecule has 1 atom stereocenters. The van der Waals surface area contributed by atoms with E-state index in [0.717, 1.165) is 35.9 Å². The lowest BCUT2D eigenvalue weighted by atomic mass is 10.1. The fraction of sp³-hybridized carbons (Fsp3) is 0.615. The first-order valence-corrected chi connectivity index (χ1v) is 6.79. The highest BCUT2D eigenvalue weighted by Gasteiger charge is 2.45. The van der Waals surface area contributed by atoms with Crippen molar-refractivity contribution >= 4 is 22.8 Å². The molecule has 0 amide bonds. The predicted octanol–water partition coefficient (Wildman–Crippen LogP) is 2.24. The minimum atomic E-state index is 0.472. The van der Waals surface area contributed by atoms with Crippen LogP contribution >= 0.6 is 0 Å². The number of fused-ring (bicyclic) bond motifs is 1. The van der Waals surface area contributed by atoms with Crippen molar-refractivity contribution < 1.29 is 0 Å². The molecule has 0 saturated heterocycles. The van der Waals surface area contributed by atoms with Gasteiger partial charge in [0, 0.05) is 13.1 Å². The SMILES string of the molecule is CCNc1nc(NCC2CC2(C)C)c2cn[nH]c2n1. The first-order valence-electron chi connectivity index (χ1n) is 6.79. The van der Waals surface area contributed by atoms with Crippen LogP contribution in [0, 0.1) is 11.3 Å². The fourth-order valence-electron chi connectivity index (χ4n) is 2.35. The Labute approximate surface area is 112 Å². The number of nitrogens with one attached hydrogen (secondary N) is 3. The maximum absolute atomic E-state index is 4.52. The largest absolute Gasteiger partial charge is 0.369 e. The van der Waals surface area contributed by atoms with E-state index in [1.165, 1.54) is 6.42 Å². The smallest absolute Gasteiger partial charge is 0.226 e. The van der Waals surface area contributed by atoms with Crippen molar-refractivity contribution in [3.8, 4) is 0 Å². The summed E-state index contributed by atoms with van der Waals surface area (Å²) in [4.78, 5) is 8.89. The molecule has 6 nitrogen and oxygen atoms in total. The number of rotatable bonds is 5. The quantitative estimate of drug-likeness (QED) is 0.768. The number of aromatic amines is 1. The minimum absolute atomic E-state index is 0.472. The summed E-state index contributed by atoms with van der Waals surface area (Å²) in [5.41, 5.74) is 1.24. The lowest BCUT2D eigenvalue weighted by Crippen LogP contribution is -2.11. The third kappa shape index (κ3) is 2.34. The third-order valence-corrected chi connectivity index (χ3v) is 3.88. The molecule has 1 saturated carbocycles. The molecule has 1 fully saturated rings. The molecule has 3 N–H and O–H groups in total. The van der Waals surface area contributed by atoms with Crippen molar-refractivity contribution in [3.63, 3.8) is 0 Å². The van der Waals surface area contributed by atoms with Crippen LogP contribution in [0.4, 0.5) is 11.8 Å². The summed E-state index contributed by atoms with van der Waals surface area (Å²) in [5, 5.41) is 14.5. The van der Waals surface area contributed by atoms with Crippen LogP contribution in [0.3, 0.4) is 0 Å². The molecule has 3 rings (SSSR count). The molecular weight excluding hydrogens is 240 g/mol. The van der Waals surface area contributed by atoms with Gasteiger partial charge in [-0.15, -0.1) is 0 Å². The lowest BCUT2D eigenvalue weighted by Gasteiger charge is -2.09.